The van der Waals surface area contributed by atoms with Gasteiger partial charge in [0.2, 0.25) is 16.9 Å². The molecular formula is C38H62N10O5S. The van der Waals surface area contributed by atoms with Crippen LogP contribution in [0.15, 0.2) is 26.0 Å². The van der Waals surface area contributed by atoms with E-state index in [1.807, 2.05) is 0 Å². The summed E-state index contributed by atoms with van der Waals surface area (Å²) < 4.78 is 18.0. The number of primary amides is 1. The molecule has 2 aliphatic carbocycles. The number of hydrogen-bond donors (Lipinski definition) is 8. The lowest BCUT2D eigenvalue weighted by Gasteiger charge is -2.57. The van der Waals surface area contributed by atoms with Gasteiger partial charge in [-0.2, -0.15) is 0 Å². The van der Waals surface area contributed by atoms with E-state index in [4.69, 9.17) is 25.0 Å². The van der Waals surface area contributed by atoms with Crippen molar-refractivity contribution in [1.82, 2.24) is 37.0 Å². The first-order chi connectivity index (χ1) is 26.5. The van der Waals surface area contributed by atoms with Gasteiger partial charge in [-0.25, -0.2) is 15.8 Å². The van der Waals surface area contributed by atoms with Crippen LogP contribution < -0.4 is 53.9 Å². The van der Waals surface area contributed by atoms with Crippen LogP contribution in [0.4, 0.5) is 5.88 Å². The number of hydrazine groups is 1. The molecule has 0 aromatic carbocycles. The number of nitrogens with zero attached hydrogens (tertiary/aromatic N) is 2. The number of furan rings is 1. The molecule has 300 valence electrons. The average molecular weight is 771 g/mol. The van der Waals surface area contributed by atoms with Crippen LogP contribution in [0.3, 0.4) is 0 Å². The molecule has 7 unspecified atom stereocenters. The molecule has 6 aliphatic rings. The number of carbonyl (C=O) groups excluding carboxylic acids is 1. The largest absolute Gasteiger partial charge is 0.456 e. The molecule has 7 atom stereocenters. The molecule has 54 heavy (non-hydrogen) atoms. The number of rotatable bonds is 10. The standard InChI is InChI=1S/C38H62N10O5S/c39-15-16-41-37-45-34(29(33(40)50)38(46-42-23-48(37)38)25-13-9-5-2-6-10-14-25)44-36-30(24-11-7-3-1-4-8-12-24)43-35(54-36)26-22-52-32-27(49)21-28(53-31(26)32)47-17-19-51-20-18-47/h21-22,24-25,29-30,34-37,41-46H,1-20,23,39H2,(H2,40,50). The first-order valence-corrected chi connectivity index (χ1v) is 21.7. The van der Waals surface area contributed by atoms with E-state index in [2.05, 4.69) is 41.9 Å². The summed E-state index contributed by atoms with van der Waals surface area (Å²) in [4.78, 5) is 31.7. The fourth-order valence-electron chi connectivity index (χ4n) is 10.4. The Morgan fingerprint density at radius 1 is 0.963 bits per heavy atom. The first kappa shape index (κ1) is 38.6. The maximum atomic E-state index is 14.0. The zero-order chi connectivity index (χ0) is 37.1. The first-order valence-electron chi connectivity index (χ1n) is 20.8. The lowest BCUT2D eigenvalue weighted by molar-refractivity contribution is -0.149. The predicted molar refractivity (Wildman–Crippen MR) is 210 cm³/mol. The fraction of sp³-hybridized carbons (Fsp3) is 0.789. The van der Waals surface area contributed by atoms with E-state index in [0.717, 1.165) is 44.1 Å². The number of amides is 1. The quantitative estimate of drug-likeness (QED) is 0.175. The van der Waals surface area contributed by atoms with Crippen molar-refractivity contribution < 1.29 is 18.4 Å². The molecule has 6 heterocycles. The van der Waals surface area contributed by atoms with Gasteiger partial charge in [0.15, 0.2) is 11.5 Å². The maximum Gasteiger partial charge on any atom is 0.230 e. The number of thioether (sulfide) groups is 1. The number of fused-ring (bicyclic) bond motifs is 2. The molecule has 2 aromatic rings. The maximum absolute atomic E-state index is 14.0. The van der Waals surface area contributed by atoms with Crippen molar-refractivity contribution in [2.75, 3.05) is 51.0 Å². The number of morpholine rings is 1. The van der Waals surface area contributed by atoms with E-state index in [1.54, 1.807) is 18.0 Å². The van der Waals surface area contributed by atoms with E-state index >= 15 is 0 Å². The van der Waals surface area contributed by atoms with Crippen LogP contribution in [0.25, 0.3) is 11.2 Å². The van der Waals surface area contributed by atoms with Gasteiger partial charge in [-0.15, -0.1) is 11.8 Å². The van der Waals surface area contributed by atoms with Gasteiger partial charge in [-0.1, -0.05) is 64.2 Å². The molecule has 8 rings (SSSR count). The highest BCUT2D eigenvalue weighted by Gasteiger charge is 2.62. The number of carbonyl (C=O) groups is 1. The highest BCUT2D eigenvalue weighted by atomic mass is 32.2. The van der Waals surface area contributed by atoms with E-state index in [-0.39, 0.29) is 45.9 Å². The molecule has 15 nitrogen and oxygen atoms in total. The second-order valence-electron chi connectivity index (χ2n) is 16.3. The summed E-state index contributed by atoms with van der Waals surface area (Å²) in [5, 5.41) is 15.2. The molecule has 16 heteroatoms. The third kappa shape index (κ3) is 7.72. The van der Waals surface area contributed by atoms with E-state index in [0.29, 0.717) is 63.4 Å². The lowest BCUT2D eigenvalue weighted by atomic mass is 9.71. The van der Waals surface area contributed by atoms with Crippen molar-refractivity contribution in [3.05, 3.63) is 28.1 Å². The minimum atomic E-state index is -0.690. The van der Waals surface area contributed by atoms with Gasteiger partial charge < -0.3 is 29.9 Å². The van der Waals surface area contributed by atoms with E-state index in [9.17, 15) is 9.59 Å². The zero-order valence-electron chi connectivity index (χ0n) is 31.6. The predicted octanol–water partition coefficient (Wildman–Crippen LogP) is 2.49. The van der Waals surface area contributed by atoms with Crippen molar-refractivity contribution in [1.29, 1.82) is 0 Å². The van der Waals surface area contributed by atoms with Crippen molar-refractivity contribution in [2.24, 2.45) is 29.2 Å². The SMILES string of the molecule is NCCNC1NC(NC2SC(c3coc4c(=O)cc(N5CCOCC5)oc34)NC2C2CCCCCCC2)C(C(N)=O)C2(C3CCCCCCC3)NNCN12. The summed E-state index contributed by atoms with van der Waals surface area (Å²) in [5.41, 5.74) is 20.4. The normalized spacial score (nSPS) is 34.0. The van der Waals surface area contributed by atoms with E-state index < -0.39 is 17.7 Å². The molecule has 0 radical (unpaired) electrons. The average Bonchev–Trinajstić information content (AvgIpc) is 3.88. The van der Waals surface area contributed by atoms with Crippen LogP contribution >= 0.6 is 11.8 Å². The monoisotopic (exact) mass is 770 g/mol. The van der Waals surface area contributed by atoms with Crippen molar-refractivity contribution >= 4 is 34.7 Å². The van der Waals surface area contributed by atoms with E-state index in [1.165, 1.54) is 57.4 Å². The second kappa shape index (κ2) is 17.5. The molecule has 10 N–H and O–H groups in total. The number of nitrogens with one attached hydrogen (secondary N) is 6. The number of anilines is 1. The Balaban J connectivity index is 1.14. The summed E-state index contributed by atoms with van der Waals surface area (Å²) in [6.07, 6.45) is 17.5. The molecule has 2 saturated carbocycles. The highest BCUT2D eigenvalue weighted by molar-refractivity contribution is 8.00. The van der Waals surface area contributed by atoms with Gasteiger partial charge in [0.1, 0.15) is 18.2 Å². The third-order valence-electron chi connectivity index (χ3n) is 13.0. The Bertz CT molecular complexity index is 1610. The number of nitrogens with two attached hydrogens (primary N) is 2. The molecule has 2 aromatic heterocycles. The van der Waals surface area contributed by atoms with Gasteiger partial charge in [0.25, 0.3) is 0 Å². The molecule has 4 aliphatic heterocycles. The molecule has 0 spiro atoms. The van der Waals surface area contributed by atoms with Gasteiger partial charge in [0.05, 0.1) is 54.3 Å². The van der Waals surface area contributed by atoms with Crippen LogP contribution in [0.2, 0.25) is 0 Å². The topological polar surface area (TPSA) is 200 Å². The molecule has 6 fully saturated rings. The molecular weight excluding hydrogens is 709 g/mol. The van der Waals surface area contributed by atoms with Crippen molar-refractivity contribution in [3.63, 3.8) is 0 Å². The fourth-order valence-corrected chi connectivity index (χ4v) is 11.9. The summed E-state index contributed by atoms with van der Waals surface area (Å²) in [7, 11) is 0. The number of hydrogen-bond acceptors (Lipinski definition) is 15. The lowest BCUT2D eigenvalue weighted by Crippen LogP contribution is -2.82. The second-order valence-corrected chi connectivity index (χ2v) is 17.5. The summed E-state index contributed by atoms with van der Waals surface area (Å²) in [5.74, 6) is 0.297. The zero-order valence-corrected chi connectivity index (χ0v) is 32.4. The summed E-state index contributed by atoms with van der Waals surface area (Å²) in [6.45, 7) is 4.19. The van der Waals surface area contributed by atoms with Crippen molar-refractivity contribution in [2.45, 2.75) is 125 Å². The van der Waals surface area contributed by atoms with Gasteiger partial charge >= 0.3 is 0 Å². The Kier molecular flexibility index (Phi) is 12.5. The van der Waals surface area contributed by atoms with Crippen LogP contribution in [-0.4, -0.2) is 86.4 Å². The minimum Gasteiger partial charge on any atom is -0.456 e. The third-order valence-corrected chi connectivity index (χ3v) is 14.4. The summed E-state index contributed by atoms with van der Waals surface area (Å²) in [6, 6.07) is 1.63. The Morgan fingerprint density at radius 3 is 2.37 bits per heavy atom. The highest BCUT2D eigenvalue weighted by Crippen LogP contribution is 2.47. The van der Waals surface area contributed by atoms with Gasteiger partial charge in [-0.05, 0) is 37.5 Å². The van der Waals surface area contributed by atoms with Crippen LogP contribution in [-0.2, 0) is 9.53 Å². The summed E-state index contributed by atoms with van der Waals surface area (Å²) >= 11 is 1.78. The molecule has 4 saturated heterocycles. The minimum absolute atomic E-state index is 0.0803. The number of ether oxygens (including phenoxy) is 1. The Labute approximate surface area is 322 Å². The smallest absolute Gasteiger partial charge is 0.230 e. The Morgan fingerprint density at radius 2 is 1.67 bits per heavy atom. The van der Waals surface area contributed by atoms with Gasteiger partial charge in [0, 0.05) is 32.2 Å². The van der Waals surface area contributed by atoms with Crippen LogP contribution in [0.5, 0.6) is 0 Å². The molecule has 1 amide bonds. The van der Waals surface area contributed by atoms with Crippen LogP contribution in [0.1, 0.15) is 101 Å². The molecule has 0 bridgehead atoms. The van der Waals surface area contributed by atoms with Crippen molar-refractivity contribution in [3.8, 4) is 0 Å². The van der Waals surface area contributed by atoms with Gasteiger partial charge in [-0.3, -0.25) is 30.9 Å². The van der Waals surface area contributed by atoms with Crippen LogP contribution in [0, 0.1) is 17.8 Å². The Hall–Kier alpha value is -2.25.